The molecule has 35 heavy (non-hydrogen) atoms. The van der Waals surface area contributed by atoms with Gasteiger partial charge in [0.2, 0.25) is 11.8 Å². The third-order valence-electron chi connectivity index (χ3n) is 5.55. The van der Waals surface area contributed by atoms with E-state index in [0.717, 1.165) is 11.1 Å². The first-order valence-electron chi connectivity index (χ1n) is 11.6. The highest BCUT2D eigenvalue weighted by Gasteiger charge is 2.26. The molecule has 2 rings (SSSR count). The van der Waals surface area contributed by atoms with Crippen molar-refractivity contribution < 1.29 is 34.4 Å². The van der Waals surface area contributed by atoms with Gasteiger partial charge in [0.05, 0.1) is 12.5 Å². The van der Waals surface area contributed by atoms with Gasteiger partial charge < -0.3 is 30.7 Å². The van der Waals surface area contributed by atoms with Crippen molar-refractivity contribution in [3.63, 3.8) is 0 Å². The fourth-order valence-electron chi connectivity index (χ4n) is 3.53. The third-order valence-corrected chi connectivity index (χ3v) is 5.55. The van der Waals surface area contributed by atoms with Gasteiger partial charge in [-0.15, -0.1) is 0 Å². The molecule has 2 amide bonds. The first-order valence-corrected chi connectivity index (χ1v) is 11.6. The molecule has 0 heterocycles. The Morgan fingerprint density at radius 2 is 1.43 bits per heavy atom. The fourth-order valence-corrected chi connectivity index (χ4v) is 3.53. The number of amides is 2. The number of hydrogen-bond acceptors (Lipinski definition) is 7. The predicted octanol–water partition coefficient (Wildman–Crippen LogP) is 1.68. The Balaban J connectivity index is 2.00. The first kappa shape index (κ1) is 27.7. The minimum atomic E-state index is -0.856. The van der Waals surface area contributed by atoms with Gasteiger partial charge in [-0.3, -0.25) is 14.4 Å². The van der Waals surface area contributed by atoms with E-state index in [1.165, 1.54) is 12.1 Å². The first-order chi connectivity index (χ1) is 16.7. The number of aliphatic hydroxyl groups is 1. The molecule has 2 aromatic rings. The molecule has 9 heteroatoms. The summed E-state index contributed by atoms with van der Waals surface area (Å²) >= 11 is 0. The molecule has 0 spiro atoms. The van der Waals surface area contributed by atoms with E-state index in [4.69, 9.17) is 9.84 Å². The van der Waals surface area contributed by atoms with Crippen LogP contribution in [0.3, 0.4) is 0 Å². The molecule has 0 aliphatic carbocycles. The van der Waals surface area contributed by atoms with Gasteiger partial charge in [0.1, 0.15) is 24.1 Å². The molecule has 0 saturated carbocycles. The minimum absolute atomic E-state index is 0.0945. The number of benzene rings is 2. The summed E-state index contributed by atoms with van der Waals surface area (Å²) in [5.74, 6) is -2.05. The van der Waals surface area contributed by atoms with Gasteiger partial charge in [-0.25, -0.2) is 0 Å². The zero-order valence-corrected chi connectivity index (χ0v) is 20.1. The zero-order chi connectivity index (χ0) is 25.8. The summed E-state index contributed by atoms with van der Waals surface area (Å²) in [6, 6.07) is 12.2. The van der Waals surface area contributed by atoms with Crippen LogP contribution >= 0.6 is 0 Å². The van der Waals surface area contributed by atoms with Crippen molar-refractivity contribution in [2.75, 3.05) is 19.8 Å². The van der Waals surface area contributed by atoms with Crippen LogP contribution in [0.25, 0.3) is 0 Å². The molecular weight excluding hydrogens is 452 g/mol. The molecule has 0 aromatic heterocycles. The summed E-state index contributed by atoms with van der Waals surface area (Å²) in [7, 11) is 0. The van der Waals surface area contributed by atoms with Crippen LogP contribution in [0.1, 0.15) is 31.4 Å². The lowest BCUT2D eigenvalue weighted by Gasteiger charge is -2.22. The Hall–Kier alpha value is -3.59. The molecule has 2 unspecified atom stereocenters. The molecule has 0 aliphatic rings. The van der Waals surface area contributed by atoms with Crippen LogP contribution in [0.15, 0.2) is 48.5 Å². The quantitative estimate of drug-likeness (QED) is 0.271. The lowest BCUT2D eigenvalue weighted by atomic mass is 9.96. The summed E-state index contributed by atoms with van der Waals surface area (Å²) in [4.78, 5) is 37.8. The van der Waals surface area contributed by atoms with E-state index >= 15 is 0 Å². The van der Waals surface area contributed by atoms with Crippen molar-refractivity contribution in [1.29, 1.82) is 0 Å². The van der Waals surface area contributed by atoms with Crippen LogP contribution in [0.2, 0.25) is 0 Å². The molecule has 5 N–H and O–H groups in total. The number of carbonyl (C=O) groups excluding carboxylic acids is 3. The number of hydrogen-bond donors (Lipinski definition) is 5. The molecule has 2 aromatic carbocycles. The summed E-state index contributed by atoms with van der Waals surface area (Å²) < 4.78 is 4.91. The maximum atomic E-state index is 13.0. The van der Waals surface area contributed by atoms with Gasteiger partial charge in [0.25, 0.3) is 0 Å². The molecule has 0 bridgehead atoms. The number of phenolic OH excluding ortho intramolecular Hbond substituents is 2. The van der Waals surface area contributed by atoms with E-state index in [0.29, 0.717) is 13.0 Å². The Bertz CT molecular complexity index is 961. The van der Waals surface area contributed by atoms with E-state index in [1.54, 1.807) is 50.2 Å². The summed E-state index contributed by atoms with van der Waals surface area (Å²) in [6.45, 7) is 3.30. The number of esters is 1. The number of aliphatic hydroxyl groups excluding tert-OH is 1. The number of nitrogens with one attached hydrogen (secondary N) is 2. The van der Waals surface area contributed by atoms with Crippen LogP contribution < -0.4 is 10.6 Å². The van der Waals surface area contributed by atoms with E-state index in [2.05, 4.69) is 10.6 Å². The lowest BCUT2D eigenvalue weighted by molar-refractivity contribution is -0.149. The summed E-state index contributed by atoms with van der Waals surface area (Å²) in [6.07, 6.45) is 0.998. The number of rotatable bonds is 13. The topological polar surface area (TPSA) is 145 Å². The van der Waals surface area contributed by atoms with Gasteiger partial charge in [0, 0.05) is 18.9 Å². The van der Waals surface area contributed by atoms with Crippen LogP contribution in [-0.2, 0) is 32.0 Å². The minimum Gasteiger partial charge on any atom is -0.508 e. The van der Waals surface area contributed by atoms with Crippen molar-refractivity contribution in [1.82, 2.24) is 10.6 Å². The summed E-state index contributed by atoms with van der Waals surface area (Å²) in [5, 5.41) is 33.3. The van der Waals surface area contributed by atoms with Gasteiger partial charge in [0.15, 0.2) is 0 Å². The third kappa shape index (κ3) is 9.66. The second kappa shape index (κ2) is 14.0. The molecular formula is C26H34N2O7. The predicted molar refractivity (Wildman–Crippen MR) is 130 cm³/mol. The van der Waals surface area contributed by atoms with E-state index in [9.17, 15) is 24.6 Å². The zero-order valence-electron chi connectivity index (χ0n) is 20.1. The number of carbonyl (C=O) groups is 3. The van der Waals surface area contributed by atoms with E-state index < -0.39 is 23.8 Å². The second-order valence-electron chi connectivity index (χ2n) is 8.57. The Morgan fingerprint density at radius 3 is 2.00 bits per heavy atom. The largest absolute Gasteiger partial charge is 0.508 e. The number of ether oxygens (including phenoxy) is 1. The average Bonchev–Trinajstić information content (AvgIpc) is 2.84. The van der Waals surface area contributed by atoms with Crippen molar-refractivity contribution >= 4 is 17.8 Å². The maximum Gasteiger partial charge on any atom is 0.308 e. The monoisotopic (exact) mass is 486 g/mol. The molecule has 0 radical (unpaired) electrons. The van der Waals surface area contributed by atoms with Crippen molar-refractivity contribution in [2.24, 2.45) is 11.8 Å². The Morgan fingerprint density at radius 1 is 0.857 bits per heavy atom. The van der Waals surface area contributed by atoms with E-state index in [1.807, 2.05) is 0 Å². The smallest absolute Gasteiger partial charge is 0.308 e. The van der Waals surface area contributed by atoms with Crippen LogP contribution in [0, 0.1) is 11.8 Å². The lowest BCUT2D eigenvalue weighted by Crippen LogP contribution is -2.50. The van der Waals surface area contributed by atoms with Gasteiger partial charge >= 0.3 is 5.97 Å². The molecule has 0 fully saturated rings. The number of phenols is 2. The van der Waals surface area contributed by atoms with Crippen LogP contribution in [0.5, 0.6) is 11.5 Å². The Labute approximate surface area is 205 Å². The van der Waals surface area contributed by atoms with Gasteiger partial charge in [-0.2, -0.15) is 0 Å². The molecule has 9 nitrogen and oxygen atoms in total. The van der Waals surface area contributed by atoms with Crippen molar-refractivity contribution in [3.05, 3.63) is 59.7 Å². The van der Waals surface area contributed by atoms with Crippen molar-refractivity contribution in [2.45, 2.75) is 39.2 Å². The van der Waals surface area contributed by atoms with Crippen molar-refractivity contribution in [3.8, 4) is 11.5 Å². The second-order valence-corrected chi connectivity index (χ2v) is 8.57. The molecule has 0 saturated heterocycles. The SMILES string of the molecule is CC(CC(C)C(=O)OCCO)C(=O)N[C@@H](Cc1ccc(O)cc1)C(=O)NCCc1ccc(O)cc1. The summed E-state index contributed by atoms with van der Waals surface area (Å²) in [5.41, 5.74) is 1.70. The fraction of sp³-hybridized carbons (Fsp3) is 0.423. The van der Waals surface area contributed by atoms with Crippen LogP contribution in [-0.4, -0.2) is 58.9 Å². The normalized spacial score (nSPS) is 13.3. The molecule has 190 valence electrons. The Kier molecular flexibility index (Phi) is 11.0. The molecule has 3 atom stereocenters. The average molecular weight is 487 g/mol. The van der Waals surface area contributed by atoms with Gasteiger partial charge in [-0.05, 0) is 48.2 Å². The molecule has 0 aliphatic heterocycles. The number of aromatic hydroxyl groups is 2. The highest BCUT2D eigenvalue weighted by molar-refractivity contribution is 5.88. The van der Waals surface area contributed by atoms with E-state index in [-0.39, 0.29) is 49.4 Å². The maximum absolute atomic E-state index is 13.0. The van der Waals surface area contributed by atoms with Gasteiger partial charge in [-0.1, -0.05) is 38.1 Å². The van der Waals surface area contributed by atoms with Crippen LogP contribution in [0.4, 0.5) is 0 Å². The highest BCUT2D eigenvalue weighted by Crippen LogP contribution is 2.16. The highest BCUT2D eigenvalue weighted by atomic mass is 16.5. The standard InChI is InChI=1S/C26H34N2O7/c1-17(15-18(2)26(34)35-14-13-29)24(32)28-23(16-20-5-9-22(31)10-6-20)25(33)27-12-11-19-3-7-21(30)8-4-19/h3-10,17-18,23,29-31H,11-16H2,1-2H3,(H,27,33)(H,28,32)/t17?,18?,23-/m0/s1.